The first-order valence-corrected chi connectivity index (χ1v) is 7.20. The van der Waals surface area contributed by atoms with E-state index in [4.69, 9.17) is 0 Å². The molecule has 0 aromatic rings. The van der Waals surface area contributed by atoms with Gasteiger partial charge in [-0.05, 0) is 39.4 Å². The first-order chi connectivity index (χ1) is 8.58. The van der Waals surface area contributed by atoms with E-state index < -0.39 is 0 Å². The third kappa shape index (κ3) is 4.58. The molecule has 1 saturated heterocycles. The Bertz CT molecular complexity index is 257. The quantitative estimate of drug-likeness (QED) is 0.738. The molecule has 0 radical (unpaired) electrons. The number of likely N-dealkylation sites (tertiary alicyclic amines) is 1. The fraction of sp³-hybridized carbons (Fsp3) is 0.929. The summed E-state index contributed by atoms with van der Waals surface area (Å²) >= 11 is 0. The van der Waals surface area contributed by atoms with Gasteiger partial charge >= 0.3 is 0 Å². The summed E-state index contributed by atoms with van der Waals surface area (Å²) in [4.78, 5) is 16.6. The number of hydrogen-bond acceptors (Lipinski definition) is 3. The molecule has 1 heterocycles. The molecule has 4 nitrogen and oxygen atoms in total. The van der Waals surface area contributed by atoms with Crippen LogP contribution in [-0.4, -0.2) is 62.5 Å². The maximum absolute atomic E-state index is 12.2. The number of amides is 1. The topological polar surface area (TPSA) is 35.6 Å². The molecule has 0 aromatic carbocycles. The van der Waals surface area contributed by atoms with E-state index in [0.29, 0.717) is 11.8 Å². The van der Waals surface area contributed by atoms with Crippen molar-refractivity contribution in [2.45, 2.75) is 26.7 Å². The number of carbonyl (C=O) groups is 1. The zero-order valence-corrected chi connectivity index (χ0v) is 12.4. The minimum absolute atomic E-state index is 0.0992. The van der Waals surface area contributed by atoms with Crippen molar-refractivity contribution in [2.24, 2.45) is 11.8 Å². The van der Waals surface area contributed by atoms with Gasteiger partial charge < -0.3 is 15.1 Å². The van der Waals surface area contributed by atoms with Crippen molar-refractivity contribution in [1.29, 1.82) is 0 Å². The summed E-state index contributed by atoms with van der Waals surface area (Å²) in [6.45, 7) is 9.16. The summed E-state index contributed by atoms with van der Waals surface area (Å²) in [6.07, 6.45) is 2.36. The minimum atomic E-state index is 0.0992. The average molecular weight is 255 g/mol. The molecule has 1 aliphatic rings. The normalized spacial score (nSPS) is 21.6. The largest absolute Gasteiger partial charge is 0.342 e. The summed E-state index contributed by atoms with van der Waals surface area (Å²) < 4.78 is 0. The van der Waals surface area contributed by atoms with E-state index in [9.17, 15) is 4.79 Å². The lowest BCUT2D eigenvalue weighted by atomic mass is 10.1. The van der Waals surface area contributed by atoms with Crippen LogP contribution in [0.4, 0.5) is 0 Å². The summed E-state index contributed by atoms with van der Waals surface area (Å²) in [6, 6.07) is 0. The monoisotopic (exact) mass is 255 g/mol. The van der Waals surface area contributed by atoms with Crippen LogP contribution in [0, 0.1) is 11.8 Å². The highest BCUT2D eigenvalue weighted by atomic mass is 16.2. The highest BCUT2D eigenvalue weighted by Crippen LogP contribution is 2.19. The van der Waals surface area contributed by atoms with E-state index in [1.165, 1.54) is 6.42 Å². The Morgan fingerprint density at radius 3 is 2.89 bits per heavy atom. The summed E-state index contributed by atoms with van der Waals surface area (Å²) in [7, 11) is 4.08. The zero-order chi connectivity index (χ0) is 13.5. The van der Waals surface area contributed by atoms with Gasteiger partial charge in [0.05, 0.1) is 0 Å². The second-order valence-corrected chi connectivity index (χ2v) is 5.66. The first kappa shape index (κ1) is 15.4. The van der Waals surface area contributed by atoms with Crippen LogP contribution in [0.15, 0.2) is 0 Å². The minimum Gasteiger partial charge on any atom is -0.342 e. The van der Waals surface area contributed by atoms with Crippen molar-refractivity contribution in [3.05, 3.63) is 0 Å². The van der Waals surface area contributed by atoms with Crippen LogP contribution in [0.5, 0.6) is 0 Å². The highest BCUT2D eigenvalue weighted by molar-refractivity contribution is 5.79. The second-order valence-electron chi connectivity index (χ2n) is 5.66. The molecule has 1 N–H and O–H groups in total. The second kappa shape index (κ2) is 7.74. The fourth-order valence-corrected chi connectivity index (χ4v) is 2.80. The molecule has 0 aromatic heterocycles. The molecule has 0 saturated carbocycles. The Labute approximate surface area is 112 Å². The van der Waals surface area contributed by atoms with Crippen molar-refractivity contribution >= 4 is 5.91 Å². The number of hydrogen-bond donors (Lipinski definition) is 1. The van der Waals surface area contributed by atoms with Crippen LogP contribution in [0.1, 0.15) is 26.7 Å². The van der Waals surface area contributed by atoms with Gasteiger partial charge in [0.2, 0.25) is 5.91 Å². The van der Waals surface area contributed by atoms with E-state index in [-0.39, 0.29) is 5.92 Å². The SMILES string of the molecule is CCCN(C)CC1CCN(C(=O)C(C)CNC)C1. The van der Waals surface area contributed by atoms with E-state index >= 15 is 0 Å². The van der Waals surface area contributed by atoms with E-state index in [2.05, 4.69) is 24.2 Å². The molecule has 0 bridgehead atoms. The van der Waals surface area contributed by atoms with Crippen LogP contribution in [0.25, 0.3) is 0 Å². The van der Waals surface area contributed by atoms with Crippen LogP contribution >= 0.6 is 0 Å². The van der Waals surface area contributed by atoms with Gasteiger partial charge in [-0.15, -0.1) is 0 Å². The first-order valence-electron chi connectivity index (χ1n) is 7.20. The lowest BCUT2D eigenvalue weighted by Gasteiger charge is -2.23. The lowest BCUT2D eigenvalue weighted by Crippen LogP contribution is -2.38. The predicted octanol–water partition coefficient (Wildman–Crippen LogP) is 1.03. The molecule has 106 valence electrons. The van der Waals surface area contributed by atoms with Gasteiger partial charge in [0.15, 0.2) is 0 Å². The Kier molecular flexibility index (Phi) is 6.65. The van der Waals surface area contributed by atoms with Gasteiger partial charge in [-0.2, -0.15) is 0 Å². The van der Waals surface area contributed by atoms with Gasteiger partial charge in [-0.3, -0.25) is 4.79 Å². The van der Waals surface area contributed by atoms with Crippen LogP contribution in [-0.2, 0) is 4.79 Å². The van der Waals surface area contributed by atoms with Crippen molar-refractivity contribution < 1.29 is 4.79 Å². The van der Waals surface area contributed by atoms with E-state index in [1.54, 1.807) is 0 Å². The maximum atomic E-state index is 12.2. The summed E-state index contributed by atoms with van der Waals surface area (Å²) in [5, 5.41) is 3.08. The molecule has 0 aliphatic carbocycles. The Morgan fingerprint density at radius 1 is 1.56 bits per heavy atom. The van der Waals surface area contributed by atoms with Crippen LogP contribution in [0.3, 0.4) is 0 Å². The summed E-state index contributed by atoms with van der Waals surface area (Å²) in [5.74, 6) is 1.07. The smallest absolute Gasteiger partial charge is 0.226 e. The molecular weight excluding hydrogens is 226 g/mol. The fourth-order valence-electron chi connectivity index (χ4n) is 2.80. The molecule has 0 spiro atoms. The molecule has 1 amide bonds. The number of carbonyl (C=O) groups excluding carboxylic acids is 1. The molecule has 2 atom stereocenters. The highest BCUT2D eigenvalue weighted by Gasteiger charge is 2.28. The van der Waals surface area contributed by atoms with Crippen LogP contribution < -0.4 is 5.32 Å². The van der Waals surface area contributed by atoms with Gasteiger partial charge in [-0.1, -0.05) is 13.8 Å². The Hall–Kier alpha value is -0.610. The molecule has 18 heavy (non-hydrogen) atoms. The standard InChI is InChI=1S/C14H29N3O/c1-5-7-16(4)10-13-6-8-17(11-13)14(18)12(2)9-15-3/h12-13,15H,5-11H2,1-4H3. The van der Waals surface area contributed by atoms with Gasteiger partial charge in [0.25, 0.3) is 0 Å². The number of nitrogens with zero attached hydrogens (tertiary/aromatic N) is 2. The van der Waals surface area contributed by atoms with E-state index in [0.717, 1.165) is 39.1 Å². The Morgan fingerprint density at radius 2 is 2.28 bits per heavy atom. The van der Waals surface area contributed by atoms with Gasteiger partial charge in [-0.25, -0.2) is 0 Å². The zero-order valence-electron chi connectivity index (χ0n) is 12.4. The summed E-state index contributed by atoms with van der Waals surface area (Å²) in [5.41, 5.74) is 0. The molecule has 1 aliphatic heterocycles. The van der Waals surface area contributed by atoms with Crippen molar-refractivity contribution in [3.63, 3.8) is 0 Å². The average Bonchev–Trinajstić information content (AvgIpc) is 2.77. The molecule has 2 unspecified atom stereocenters. The lowest BCUT2D eigenvalue weighted by molar-refractivity contribution is -0.133. The molecule has 4 heteroatoms. The predicted molar refractivity (Wildman–Crippen MR) is 75.6 cm³/mol. The molecular formula is C14H29N3O. The Balaban J connectivity index is 2.34. The molecule has 1 fully saturated rings. The van der Waals surface area contributed by atoms with Crippen molar-refractivity contribution in [1.82, 2.24) is 15.1 Å². The van der Waals surface area contributed by atoms with Crippen LogP contribution in [0.2, 0.25) is 0 Å². The van der Waals surface area contributed by atoms with E-state index in [1.807, 2.05) is 18.9 Å². The van der Waals surface area contributed by atoms with Crippen molar-refractivity contribution in [2.75, 3.05) is 46.8 Å². The van der Waals surface area contributed by atoms with Gasteiger partial charge in [0.1, 0.15) is 0 Å². The third-order valence-corrected chi connectivity index (χ3v) is 3.70. The number of rotatable bonds is 7. The third-order valence-electron chi connectivity index (χ3n) is 3.70. The van der Waals surface area contributed by atoms with Crippen molar-refractivity contribution in [3.8, 4) is 0 Å². The number of nitrogens with one attached hydrogen (secondary N) is 1. The maximum Gasteiger partial charge on any atom is 0.226 e. The van der Waals surface area contributed by atoms with Gasteiger partial charge in [0, 0.05) is 32.1 Å². The molecule has 1 rings (SSSR count).